The minimum absolute atomic E-state index is 0.221. The van der Waals surface area contributed by atoms with Gasteiger partial charge in [-0.15, -0.1) is 0 Å². The van der Waals surface area contributed by atoms with Crippen molar-refractivity contribution in [3.63, 3.8) is 0 Å². The lowest BCUT2D eigenvalue weighted by Crippen LogP contribution is -2.19. The molecule has 5 nitrogen and oxygen atoms in total. The highest BCUT2D eigenvalue weighted by Gasteiger charge is 2.24. The van der Waals surface area contributed by atoms with Crippen molar-refractivity contribution < 1.29 is 14.3 Å². The van der Waals surface area contributed by atoms with E-state index < -0.39 is 0 Å². The summed E-state index contributed by atoms with van der Waals surface area (Å²) in [6, 6.07) is 10.7. The first-order valence-corrected chi connectivity index (χ1v) is 9.30. The highest BCUT2D eigenvalue weighted by atomic mass is 35.5. The standard InChI is InChI=1S/C18H12Cl2N2O3S/c19-11-2-1-3-12(16(11)20)21-18-22-17(23)15(26-18)9-10-4-5-13-14(8-10)25-7-6-24-13/h1-5,8-9H,6-7H2,(H,21,22,23)/b15-9+. The van der Waals surface area contributed by atoms with Gasteiger partial charge in [0.05, 0.1) is 20.6 Å². The zero-order valence-electron chi connectivity index (χ0n) is 13.3. The molecule has 26 heavy (non-hydrogen) atoms. The van der Waals surface area contributed by atoms with E-state index in [1.807, 2.05) is 18.2 Å². The highest BCUT2D eigenvalue weighted by molar-refractivity contribution is 8.18. The third kappa shape index (κ3) is 3.53. The second-order valence-corrected chi connectivity index (χ2v) is 7.27. The van der Waals surface area contributed by atoms with Gasteiger partial charge in [0.1, 0.15) is 13.2 Å². The van der Waals surface area contributed by atoms with Crippen LogP contribution >= 0.6 is 35.0 Å². The number of thioether (sulfide) groups is 1. The van der Waals surface area contributed by atoms with E-state index in [0.29, 0.717) is 50.5 Å². The van der Waals surface area contributed by atoms with E-state index in [2.05, 4.69) is 10.3 Å². The number of aliphatic imine (C=N–C) groups is 1. The Hall–Kier alpha value is -2.15. The van der Waals surface area contributed by atoms with Crippen LogP contribution in [-0.2, 0) is 4.79 Å². The number of rotatable bonds is 2. The van der Waals surface area contributed by atoms with Gasteiger partial charge in [-0.1, -0.05) is 35.3 Å². The minimum atomic E-state index is -0.221. The number of benzene rings is 2. The van der Waals surface area contributed by atoms with E-state index in [1.54, 1.807) is 24.3 Å². The first-order valence-electron chi connectivity index (χ1n) is 7.73. The molecular formula is C18H12Cl2N2O3S. The quantitative estimate of drug-likeness (QED) is 0.736. The number of hydrogen-bond acceptors (Lipinski definition) is 5. The fourth-order valence-corrected chi connectivity index (χ4v) is 3.64. The van der Waals surface area contributed by atoms with E-state index in [0.717, 1.165) is 5.56 Å². The van der Waals surface area contributed by atoms with Gasteiger partial charge in [0, 0.05) is 0 Å². The molecule has 132 valence electrons. The van der Waals surface area contributed by atoms with Crippen LogP contribution in [0.15, 0.2) is 46.3 Å². The first kappa shape index (κ1) is 17.3. The van der Waals surface area contributed by atoms with Gasteiger partial charge >= 0.3 is 0 Å². The maximum Gasteiger partial charge on any atom is 0.264 e. The molecule has 1 N–H and O–H groups in total. The van der Waals surface area contributed by atoms with E-state index in [-0.39, 0.29) is 5.91 Å². The third-order valence-corrected chi connectivity index (χ3v) is 5.39. The number of nitrogens with zero attached hydrogens (tertiary/aromatic N) is 1. The van der Waals surface area contributed by atoms with Gasteiger partial charge in [-0.3, -0.25) is 4.79 Å². The van der Waals surface area contributed by atoms with Crippen molar-refractivity contribution in [2.24, 2.45) is 4.99 Å². The van der Waals surface area contributed by atoms with Gasteiger partial charge in [0.15, 0.2) is 16.7 Å². The van der Waals surface area contributed by atoms with Gasteiger partial charge in [-0.25, -0.2) is 4.99 Å². The molecule has 8 heteroatoms. The Morgan fingerprint density at radius 2 is 1.92 bits per heavy atom. The molecule has 2 aromatic rings. The molecule has 1 saturated heterocycles. The summed E-state index contributed by atoms with van der Waals surface area (Å²) in [5.74, 6) is 1.16. The maximum atomic E-state index is 12.2. The fraction of sp³-hybridized carbons (Fsp3) is 0.111. The number of amides is 1. The van der Waals surface area contributed by atoms with Crippen molar-refractivity contribution >= 4 is 57.8 Å². The van der Waals surface area contributed by atoms with Gasteiger partial charge in [0.2, 0.25) is 0 Å². The van der Waals surface area contributed by atoms with Crippen LogP contribution in [0.3, 0.4) is 0 Å². The summed E-state index contributed by atoms with van der Waals surface area (Å²) in [5.41, 5.74) is 1.34. The van der Waals surface area contributed by atoms with Crippen molar-refractivity contribution in [2.45, 2.75) is 0 Å². The molecule has 0 bridgehead atoms. The number of ether oxygens (including phenoxy) is 2. The van der Waals surface area contributed by atoms with Gasteiger partial charge in [0.25, 0.3) is 5.91 Å². The lowest BCUT2D eigenvalue weighted by molar-refractivity contribution is -0.115. The number of amidine groups is 1. The van der Waals surface area contributed by atoms with Crippen molar-refractivity contribution in [3.8, 4) is 11.5 Å². The van der Waals surface area contributed by atoms with Crippen LogP contribution in [0.5, 0.6) is 11.5 Å². The van der Waals surface area contributed by atoms with E-state index in [4.69, 9.17) is 32.7 Å². The average molecular weight is 407 g/mol. The fourth-order valence-electron chi connectivity index (χ4n) is 2.47. The molecule has 2 aromatic carbocycles. The number of halogens is 2. The Bertz CT molecular complexity index is 959. The topological polar surface area (TPSA) is 59.9 Å². The van der Waals surface area contributed by atoms with E-state index in [1.165, 1.54) is 11.8 Å². The Kier molecular flexibility index (Phi) is 4.80. The summed E-state index contributed by atoms with van der Waals surface area (Å²) in [6.45, 7) is 1.05. The molecule has 4 rings (SSSR count). The molecule has 2 heterocycles. The second kappa shape index (κ2) is 7.23. The molecule has 0 atom stereocenters. The summed E-state index contributed by atoms with van der Waals surface area (Å²) in [7, 11) is 0. The normalized spacial score (nSPS) is 19.1. The number of carbonyl (C=O) groups excluding carboxylic acids is 1. The van der Waals surface area contributed by atoms with Gasteiger partial charge in [-0.2, -0.15) is 0 Å². The minimum Gasteiger partial charge on any atom is -0.486 e. The Labute approximate surface area is 164 Å². The summed E-state index contributed by atoms with van der Waals surface area (Å²) < 4.78 is 11.1. The first-order chi connectivity index (χ1) is 12.6. The maximum absolute atomic E-state index is 12.2. The predicted octanol–water partition coefficient (Wildman–Crippen LogP) is 4.66. The molecule has 0 aromatic heterocycles. The van der Waals surface area contributed by atoms with Crippen LogP contribution < -0.4 is 14.8 Å². The lowest BCUT2D eigenvalue weighted by atomic mass is 10.2. The molecule has 1 fully saturated rings. The largest absolute Gasteiger partial charge is 0.486 e. The summed E-state index contributed by atoms with van der Waals surface area (Å²) in [4.78, 5) is 17.1. The van der Waals surface area contributed by atoms with Crippen LogP contribution in [0, 0.1) is 0 Å². The highest BCUT2D eigenvalue weighted by Crippen LogP contribution is 2.36. The summed E-state index contributed by atoms with van der Waals surface area (Å²) in [5, 5.41) is 3.94. The van der Waals surface area contributed by atoms with Crippen molar-refractivity contribution in [2.75, 3.05) is 13.2 Å². The molecule has 2 aliphatic heterocycles. The number of nitrogens with one attached hydrogen (secondary N) is 1. The van der Waals surface area contributed by atoms with Crippen LogP contribution in [0.25, 0.3) is 6.08 Å². The van der Waals surface area contributed by atoms with Crippen molar-refractivity contribution in [1.29, 1.82) is 0 Å². The summed E-state index contributed by atoms with van der Waals surface area (Å²) in [6.07, 6.45) is 1.78. The smallest absolute Gasteiger partial charge is 0.264 e. The number of fused-ring (bicyclic) bond motifs is 1. The van der Waals surface area contributed by atoms with Gasteiger partial charge in [-0.05, 0) is 47.7 Å². The molecule has 0 aliphatic carbocycles. The second-order valence-electron chi connectivity index (χ2n) is 5.46. The zero-order valence-corrected chi connectivity index (χ0v) is 15.6. The SMILES string of the molecule is O=C1NC(=Nc2cccc(Cl)c2Cl)S/C1=C/c1ccc2c(c1)OCCO2. The van der Waals surface area contributed by atoms with E-state index in [9.17, 15) is 4.79 Å². The Morgan fingerprint density at radius 1 is 1.12 bits per heavy atom. The molecule has 0 radical (unpaired) electrons. The Balaban J connectivity index is 1.59. The van der Waals surface area contributed by atoms with Crippen molar-refractivity contribution in [1.82, 2.24) is 5.32 Å². The molecule has 1 amide bonds. The number of hydrogen-bond donors (Lipinski definition) is 1. The van der Waals surface area contributed by atoms with Crippen LogP contribution in [0.2, 0.25) is 10.0 Å². The van der Waals surface area contributed by atoms with Crippen LogP contribution in [0.4, 0.5) is 5.69 Å². The molecule has 0 saturated carbocycles. The third-order valence-electron chi connectivity index (χ3n) is 3.67. The zero-order chi connectivity index (χ0) is 18.1. The molecule has 0 unspecified atom stereocenters. The molecular weight excluding hydrogens is 395 g/mol. The van der Waals surface area contributed by atoms with E-state index >= 15 is 0 Å². The average Bonchev–Trinajstić information content (AvgIpc) is 2.98. The Morgan fingerprint density at radius 3 is 2.77 bits per heavy atom. The van der Waals surface area contributed by atoms with Crippen LogP contribution in [0.1, 0.15) is 5.56 Å². The van der Waals surface area contributed by atoms with Gasteiger partial charge < -0.3 is 14.8 Å². The van der Waals surface area contributed by atoms with Crippen LogP contribution in [-0.4, -0.2) is 24.3 Å². The van der Waals surface area contributed by atoms with Crippen molar-refractivity contribution in [3.05, 3.63) is 56.9 Å². The number of carbonyl (C=O) groups is 1. The monoisotopic (exact) mass is 406 g/mol. The lowest BCUT2D eigenvalue weighted by Gasteiger charge is -2.18. The molecule has 2 aliphatic rings. The summed E-state index contributed by atoms with van der Waals surface area (Å²) >= 11 is 13.4. The predicted molar refractivity (Wildman–Crippen MR) is 105 cm³/mol. The molecule has 0 spiro atoms.